The van der Waals surface area contributed by atoms with Crippen LogP contribution in [-0.2, 0) is 47.7 Å². The van der Waals surface area contributed by atoms with E-state index in [-0.39, 0.29) is 115 Å². The monoisotopic (exact) mass is 701 g/mol. The lowest BCUT2D eigenvalue weighted by molar-refractivity contribution is -0.247. The van der Waals surface area contributed by atoms with Crippen LogP contribution in [0.2, 0.25) is 0 Å². The van der Waals surface area contributed by atoms with E-state index in [0.717, 1.165) is 4.90 Å². The summed E-state index contributed by atoms with van der Waals surface area (Å²) in [6.45, 7) is 12.5. The number of hydrogen-bond donors (Lipinski definition) is 5. The number of rotatable bonds is 24. The molecular weight excluding hydrogens is 646 g/mol. The van der Waals surface area contributed by atoms with Gasteiger partial charge in [-0.15, -0.1) is 0 Å². The molecule has 0 aromatic heterocycles. The quantitative estimate of drug-likeness (QED) is 0.0500. The standard InChI is InChI=1S/C32H55N5O12/c1-31(2,3)23(21-38)48-29(49-32(4,5)6)22-47-30(44)36-12-9-24(39)33-13-14-34-26(41)11-17-45-19-20-46-18-15-35-25(40)10-16-37-27(42)7-8-28(37)43/h7-8,23,29,38H,9-22H2,1-6H3,(H,33,39)(H,34,41)(H,35,40)(H,36,44). The van der Waals surface area contributed by atoms with Gasteiger partial charge >= 0.3 is 6.09 Å². The van der Waals surface area contributed by atoms with Gasteiger partial charge in [0.05, 0.1) is 44.7 Å². The molecule has 0 aromatic carbocycles. The highest BCUT2D eigenvalue weighted by Gasteiger charge is 2.31. The zero-order valence-electron chi connectivity index (χ0n) is 29.6. The largest absolute Gasteiger partial charge is 0.444 e. The Kier molecular flexibility index (Phi) is 20.3. The predicted molar refractivity (Wildman–Crippen MR) is 176 cm³/mol. The van der Waals surface area contributed by atoms with E-state index in [1.54, 1.807) is 0 Å². The second-order valence-corrected chi connectivity index (χ2v) is 13.0. The summed E-state index contributed by atoms with van der Waals surface area (Å²) in [6.07, 6.45) is 0.270. The zero-order valence-corrected chi connectivity index (χ0v) is 29.6. The van der Waals surface area contributed by atoms with E-state index in [1.165, 1.54) is 12.2 Å². The number of imide groups is 1. The smallest absolute Gasteiger partial charge is 0.407 e. The summed E-state index contributed by atoms with van der Waals surface area (Å²) in [7, 11) is 0. The van der Waals surface area contributed by atoms with Crippen molar-refractivity contribution >= 4 is 35.6 Å². The molecule has 0 bridgehead atoms. The van der Waals surface area contributed by atoms with Crippen LogP contribution in [-0.4, -0.2) is 136 Å². The number of hydrogen-bond acceptors (Lipinski definition) is 12. The van der Waals surface area contributed by atoms with E-state index in [4.69, 9.17) is 23.7 Å². The highest BCUT2D eigenvalue weighted by atomic mass is 16.7. The maximum atomic E-state index is 12.1. The topological polar surface area (TPSA) is 220 Å². The summed E-state index contributed by atoms with van der Waals surface area (Å²) in [5.41, 5.74) is -0.954. The van der Waals surface area contributed by atoms with Crippen molar-refractivity contribution in [3.8, 4) is 0 Å². The summed E-state index contributed by atoms with van der Waals surface area (Å²) < 4.78 is 27.6. The number of aliphatic hydroxyl groups excluding tert-OH is 1. The van der Waals surface area contributed by atoms with Crippen LogP contribution in [0.4, 0.5) is 4.79 Å². The van der Waals surface area contributed by atoms with Gasteiger partial charge in [0, 0.05) is 64.1 Å². The number of ether oxygens (including phenoxy) is 5. The van der Waals surface area contributed by atoms with Gasteiger partial charge in [0.2, 0.25) is 17.7 Å². The van der Waals surface area contributed by atoms with Crippen molar-refractivity contribution in [1.82, 2.24) is 26.2 Å². The minimum atomic E-state index is -0.903. The van der Waals surface area contributed by atoms with Crippen LogP contribution in [0.5, 0.6) is 0 Å². The molecule has 1 heterocycles. The highest BCUT2D eigenvalue weighted by molar-refractivity contribution is 6.13. The zero-order chi connectivity index (χ0) is 36.9. The van der Waals surface area contributed by atoms with Crippen LogP contribution in [0.15, 0.2) is 12.2 Å². The fourth-order valence-electron chi connectivity index (χ4n) is 3.96. The lowest BCUT2D eigenvalue weighted by atomic mass is 9.89. The Morgan fingerprint density at radius 2 is 1.29 bits per heavy atom. The Balaban J connectivity index is 2.04. The van der Waals surface area contributed by atoms with Gasteiger partial charge < -0.3 is 50.1 Å². The molecule has 0 saturated carbocycles. The summed E-state index contributed by atoms with van der Waals surface area (Å²) in [6, 6.07) is 0. The van der Waals surface area contributed by atoms with Crippen LogP contribution in [0.25, 0.3) is 0 Å². The van der Waals surface area contributed by atoms with Crippen molar-refractivity contribution in [3.05, 3.63) is 12.2 Å². The molecule has 1 aliphatic heterocycles. The Labute approximate surface area is 288 Å². The lowest BCUT2D eigenvalue weighted by Crippen LogP contribution is -2.42. The molecule has 2 atom stereocenters. The van der Waals surface area contributed by atoms with Crippen molar-refractivity contribution in [3.63, 3.8) is 0 Å². The van der Waals surface area contributed by atoms with E-state index in [9.17, 15) is 33.9 Å². The van der Waals surface area contributed by atoms with Crippen LogP contribution in [0.1, 0.15) is 60.8 Å². The van der Waals surface area contributed by atoms with Crippen LogP contribution >= 0.6 is 0 Å². The molecule has 280 valence electrons. The lowest BCUT2D eigenvalue weighted by Gasteiger charge is -2.35. The van der Waals surface area contributed by atoms with Crippen LogP contribution in [0, 0.1) is 5.41 Å². The van der Waals surface area contributed by atoms with E-state index in [0.29, 0.717) is 0 Å². The van der Waals surface area contributed by atoms with Crippen molar-refractivity contribution in [2.45, 2.75) is 78.8 Å². The van der Waals surface area contributed by atoms with Gasteiger partial charge in [0.15, 0.2) is 6.29 Å². The highest BCUT2D eigenvalue weighted by Crippen LogP contribution is 2.25. The normalized spacial score (nSPS) is 14.4. The number of carbonyl (C=O) groups is 6. The van der Waals surface area contributed by atoms with Gasteiger partial charge in [0.1, 0.15) is 6.61 Å². The molecule has 2 unspecified atom stereocenters. The molecule has 0 aromatic rings. The van der Waals surface area contributed by atoms with Crippen LogP contribution in [0.3, 0.4) is 0 Å². The van der Waals surface area contributed by atoms with Gasteiger partial charge in [-0.05, 0) is 26.2 Å². The number of nitrogens with one attached hydrogen (secondary N) is 4. The molecule has 1 aliphatic rings. The Morgan fingerprint density at radius 3 is 1.86 bits per heavy atom. The number of amides is 6. The maximum absolute atomic E-state index is 12.1. The first-order valence-electron chi connectivity index (χ1n) is 16.4. The third-order valence-corrected chi connectivity index (χ3v) is 6.55. The number of carbonyl (C=O) groups excluding carboxylic acids is 6. The first-order chi connectivity index (χ1) is 23.0. The second-order valence-electron chi connectivity index (χ2n) is 13.0. The molecular formula is C32H55N5O12. The van der Waals surface area contributed by atoms with E-state index in [2.05, 4.69) is 21.3 Å². The molecule has 0 radical (unpaired) electrons. The first-order valence-corrected chi connectivity index (χ1v) is 16.4. The van der Waals surface area contributed by atoms with E-state index >= 15 is 0 Å². The number of alkyl carbamates (subject to hydrolysis) is 1. The van der Waals surface area contributed by atoms with Crippen LogP contribution < -0.4 is 21.3 Å². The summed E-state index contributed by atoms with van der Waals surface area (Å²) in [5.74, 6) is -1.73. The molecule has 49 heavy (non-hydrogen) atoms. The summed E-state index contributed by atoms with van der Waals surface area (Å²) >= 11 is 0. The third kappa shape index (κ3) is 21.1. The number of nitrogens with zero attached hydrogens (tertiary/aromatic N) is 1. The van der Waals surface area contributed by atoms with Gasteiger partial charge in [-0.1, -0.05) is 20.8 Å². The summed E-state index contributed by atoms with van der Waals surface area (Å²) in [4.78, 5) is 71.9. The van der Waals surface area contributed by atoms with E-state index < -0.39 is 35.9 Å². The molecule has 0 aliphatic carbocycles. The third-order valence-electron chi connectivity index (χ3n) is 6.55. The van der Waals surface area contributed by atoms with Crippen molar-refractivity contribution < 1.29 is 57.6 Å². The molecule has 1 rings (SSSR count). The number of aliphatic hydroxyl groups is 1. The molecule has 0 saturated heterocycles. The maximum Gasteiger partial charge on any atom is 0.407 e. The van der Waals surface area contributed by atoms with Crippen molar-refractivity contribution in [2.75, 3.05) is 72.4 Å². The Morgan fingerprint density at radius 1 is 0.735 bits per heavy atom. The molecule has 6 amide bonds. The minimum absolute atomic E-state index is 0.00133. The summed E-state index contributed by atoms with van der Waals surface area (Å²) in [5, 5.41) is 20.1. The SMILES string of the molecule is CC(C)(C)OC(COC(=O)NCCC(=O)NCCNC(=O)CCOCCOCCNC(=O)CCN1C(=O)C=CC1=O)OC(CO)C(C)(C)C. The van der Waals surface area contributed by atoms with E-state index in [1.807, 2.05) is 41.5 Å². The Hall–Kier alpha value is -3.64. The molecule has 0 fully saturated rings. The van der Waals surface area contributed by atoms with Gasteiger partial charge in [-0.3, -0.25) is 28.9 Å². The second kappa shape index (κ2) is 22.9. The van der Waals surface area contributed by atoms with Gasteiger partial charge in [-0.25, -0.2) is 4.79 Å². The minimum Gasteiger partial charge on any atom is -0.444 e. The Bertz CT molecular complexity index is 1090. The fraction of sp³-hybridized carbons (Fsp3) is 0.750. The molecule has 0 spiro atoms. The molecule has 17 heteroatoms. The predicted octanol–water partition coefficient (Wildman–Crippen LogP) is -0.245. The average molecular weight is 702 g/mol. The fourth-order valence-corrected chi connectivity index (χ4v) is 3.96. The first kappa shape index (κ1) is 43.4. The van der Waals surface area contributed by atoms with Crippen molar-refractivity contribution in [2.24, 2.45) is 5.41 Å². The van der Waals surface area contributed by atoms with Gasteiger partial charge in [0.25, 0.3) is 11.8 Å². The molecule has 17 nitrogen and oxygen atoms in total. The van der Waals surface area contributed by atoms with Gasteiger partial charge in [-0.2, -0.15) is 0 Å². The average Bonchev–Trinajstić information content (AvgIpc) is 3.33. The van der Waals surface area contributed by atoms with Crippen molar-refractivity contribution in [1.29, 1.82) is 0 Å². The molecule has 5 N–H and O–H groups in total.